The van der Waals surface area contributed by atoms with E-state index in [-0.39, 0.29) is 18.8 Å². The van der Waals surface area contributed by atoms with Gasteiger partial charge in [0.05, 0.1) is 24.4 Å². The highest BCUT2D eigenvalue weighted by Gasteiger charge is 2.27. The molecule has 0 saturated carbocycles. The third-order valence-electron chi connectivity index (χ3n) is 2.72. The summed E-state index contributed by atoms with van der Waals surface area (Å²) in [5.74, 6) is 0. The first-order chi connectivity index (χ1) is 6.74. The molecule has 1 aromatic heterocycles. The summed E-state index contributed by atoms with van der Waals surface area (Å²) in [6.07, 6.45) is 2.89. The highest BCUT2D eigenvalue weighted by atomic mass is 32.1. The number of nitrogens with one attached hydrogen (secondary N) is 1. The molecule has 1 fully saturated rings. The number of aliphatic hydroxyl groups excluding tert-OH is 1. The Hall–Kier alpha value is -0.650. The molecule has 1 saturated heterocycles. The van der Waals surface area contributed by atoms with E-state index in [1.807, 2.05) is 11.5 Å². The summed E-state index contributed by atoms with van der Waals surface area (Å²) in [5.41, 5.74) is 0.831. The summed E-state index contributed by atoms with van der Waals surface area (Å²) in [5, 5.41) is 9.15. The van der Waals surface area contributed by atoms with Crippen LogP contribution >= 0.6 is 12.2 Å². The molecular formula is C9H14N2O2S. The van der Waals surface area contributed by atoms with Gasteiger partial charge in [0.2, 0.25) is 0 Å². The lowest BCUT2D eigenvalue weighted by atomic mass is 10.1. The van der Waals surface area contributed by atoms with Gasteiger partial charge in [0, 0.05) is 12.8 Å². The number of ether oxygens (including phenoxy) is 1. The van der Waals surface area contributed by atoms with E-state index in [9.17, 15) is 0 Å². The van der Waals surface area contributed by atoms with Crippen molar-refractivity contribution in [1.82, 2.24) is 9.55 Å². The summed E-state index contributed by atoms with van der Waals surface area (Å²) in [4.78, 5) is 2.95. The van der Waals surface area contributed by atoms with Crippen LogP contribution in [0.15, 0.2) is 6.20 Å². The number of hydrogen-bond acceptors (Lipinski definition) is 3. The second kappa shape index (κ2) is 3.84. The van der Waals surface area contributed by atoms with Crippen molar-refractivity contribution in [2.45, 2.75) is 32.1 Å². The highest BCUT2D eigenvalue weighted by molar-refractivity contribution is 7.71. The molecule has 2 rings (SSSR count). The van der Waals surface area contributed by atoms with Crippen molar-refractivity contribution in [3.63, 3.8) is 0 Å². The molecule has 2 heterocycles. The third-order valence-corrected chi connectivity index (χ3v) is 3.03. The smallest absolute Gasteiger partial charge is 0.177 e. The molecule has 1 aliphatic rings. The maximum atomic E-state index is 9.15. The van der Waals surface area contributed by atoms with E-state index in [0.717, 1.165) is 18.7 Å². The van der Waals surface area contributed by atoms with Gasteiger partial charge in [-0.05, 0) is 25.6 Å². The molecule has 5 heteroatoms. The highest BCUT2D eigenvalue weighted by Crippen LogP contribution is 2.27. The Kier molecular flexibility index (Phi) is 2.71. The van der Waals surface area contributed by atoms with Crippen LogP contribution in [0.2, 0.25) is 0 Å². The zero-order valence-electron chi connectivity index (χ0n) is 8.06. The van der Waals surface area contributed by atoms with Crippen LogP contribution < -0.4 is 0 Å². The molecule has 14 heavy (non-hydrogen) atoms. The zero-order chi connectivity index (χ0) is 10.1. The number of imidazole rings is 1. The van der Waals surface area contributed by atoms with Gasteiger partial charge < -0.3 is 19.4 Å². The first-order valence-corrected chi connectivity index (χ1v) is 5.16. The number of aromatic amines is 1. The molecule has 2 N–H and O–H groups in total. The minimum atomic E-state index is 0.0103. The van der Waals surface area contributed by atoms with Crippen LogP contribution in [0.4, 0.5) is 0 Å². The standard InChI is InChI=1S/C9H14N2O2S/c1-6-8(2-3-13-6)11-7(5-12)4-10-9(11)14/h4,6,8,12H,2-3,5H2,1H3,(H,10,14). The molecule has 0 bridgehead atoms. The van der Waals surface area contributed by atoms with Crippen LogP contribution in [0.25, 0.3) is 0 Å². The zero-order valence-corrected chi connectivity index (χ0v) is 8.88. The van der Waals surface area contributed by atoms with Gasteiger partial charge in [-0.3, -0.25) is 0 Å². The second-order valence-electron chi connectivity index (χ2n) is 3.55. The largest absolute Gasteiger partial charge is 0.390 e. The molecule has 78 valence electrons. The average Bonchev–Trinajstić information content (AvgIpc) is 2.72. The van der Waals surface area contributed by atoms with Crippen LogP contribution in [0.5, 0.6) is 0 Å². The Labute approximate surface area is 87.5 Å². The van der Waals surface area contributed by atoms with Crippen LogP contribution in [0.3, 0.4) is 0 Å². The normalized spacial score (nSPS) is 27.0. The van der Waals surface area contributed by atoms with Crippen molar-refractivity contribution in [3.05, 3.63) is 16.7 Å². The van der Waals surface area contributed by atoms with Crippen LogP contribution in [-0.4, -0.2) is 27.4 Å². The predicted octanol–water partition coefficient (Wildman–Crippen LogP) is 1.39. The number of rotatable bonds is 2. The van der Waals surface area contributed by atoms with Gasteiger partial charge >= 0.3 is 0 Å². The maximum Gasteiger partial charge on any atom is 0.177 e. The lowest BCUT2D eigenvalue weighted by Gasteiger charge is -2.17. The molecule has 2 atom stereocenters. The number of hydrogen-bond donors (Lipinski definition) is 2. The minimum Gasteiger partial charge on any atom is -0.390 e. The van der Waals surface area contributed by atoms with Crippen molar-refractivity contribution < 1.29 is 9.84 Å². The molecule has 2 unspecified atom stereocenters. The predicted molar refractivity (Wildman–Crippen MR) is 54.6 cm³/mol. The van der Waals surface area contributed by atoms with E-state index in [1.54, 1.807) is 6.20 Å². The van der Waals surface area contributed by atoms with Crippen molar-refractivity contribution in [2.75, 3.05) is 6.61 Å². The Morgan fingerprint density at radius 1 is 1.79 bits per heavy atom. The quantitative estimate of drug-likeness (QED) is 0.731. The summed E-state index contributed by atoms with van der Waals surface area (Å²) < 4.78 is 8.11. The molecule has 0 radical (unpaired) electrons. The lowest BCUT2D eigenvalue weighted by Crippen LogP contribution is -2.18. The molecule has 0 aliphatic carbocycles. The summed E-state index contributed by atoms with van der Waals surface area (Å²) in [7, 11) is 0. The maximum absolute atomic E-state index is 9.15. The molecule has 4 nitrogen and oxygen atoms in total. The Morgan fingerprint density at radius 2 is 2.57 bits per heavy atom. The van der Waals surface area contributed by atoms with Crippen LogP contribution in [-0.2, 0) is 11.3 Å². The summed E-state index contributed by atoms with van der Waals surface area (Å²) >= 11 is 5.17. The van der Waals surface area contributed by atoms with Gasteiger partial charge in [-0.1, -0.05) is 0 Å². The molecule has 0 spiro atoms. The Bertz CT molecular complexity index is 371. The fourth-order valence-electron chi connectivity index (χ4n) is 1.96. The van der Waals surface area contributed by atoms with Gasteiger partial charge in [0.1, 0.15) is 0 Å². The van der Waals surface area contributed by atoms with Gasteiger partial charge in [-0.25, -0.2) is 0 Å². The molecule has 0 amide bonds. The number of aliphatic hydroxyl groups is 1. The van der Waals surface area contributed by atoms with Crippen molar-refractivity contribution >= 4 is 12.2 Å². The van der Waals surface area contributed by atoms with Crippen LogP contribution in [0, 0.1) is 4.77 Å². The van der Waals surface area contributed by atoms with Gasteiger partial charge in [-0.2, -0.15) is 0 Å². The van der Waals surface area contributed by atoms with Crippen molar-refractivity contribution in [2.24, 2.45) is 0 Å². The monoisotopic (exact) mass is 214 g/mol. The summed E-state index contributed by atoms with van der Waals surface area (Å²) in [6, 6.07) is 0.260. The molecular weight excluding hydrogens is 200 g/mol. The number of nitrogens with zero attached hydrogens (tertiary/aromatic N) is 1. The number of aromatic nitrogens is 2. The Morgan fingerprint density at radius 3 is 3.14 bits per heavy atom. The minimum absolute atomic E-state index is 0.0103. The lowest BCUT2D eigenvalue weighted by molar-refractivity contribution is 0.106. The van der Waals surface area contributed by atoms with E-state index >= 15 is 0 Å². The average molecular weight is 214 g/mol. The Balaban J connectivity index is 2.38. The van der Waals surface area contributed by atoms with Gasteiger partial charge in [0.15, 0.2) is 4.77 Å². The van der Waals surface area contributed by atoms with Gasteiger partial charge in [0.25, 0.3) is 0 Å². The molecule has 1 aromatic rings. The fourth-order valence-corrected chi connectivity index (χ4v) is 2.27. The molecule has 0 aromatic carbocycles. The topological polar surface area (TPSA) is 50.2 Å². The van der Waals surface area contributed by atoms with Crippen LogP contribution in [0.1, 0.15) is 25.1 Å². The number of H-pyrrole nitrogens is 1. The van der Waals surface area contributed by atoms with Crippen molar-refractivity contribution in [3.8, 4) is 0 Å². The van der Waals surface area contributed by atoms with E-state index < -0.39 is 0 Å². The van der Waals surface area contributed by atoms with E-state index in [4.69, 9.17) is 22.1 Å². The third kappa shape index (κ3) is 1.51. The van der Waals surface area contributed by atoms with Gasteiger partial charge in [-0.15, -0.1) is 0 Å². The summed E-state index contributed by atoms with van der Waals surface area (Å²) in [6.45, 7) is 2.81. The van der Waals surface area contributed by atoms with E-state index in [2.05, 4.69) is 4.98 Å². The first kappa shape index (κ1) is 9.89. The van der Waals surface area contributed by atoms with Crippen molar-refractivity contribution in [1.29, 1.82) is 0 Å². The second-order valence-corrected chi connectivity index (χ2v) is 3.93. The fraction of sp³-hybridized carbons (Fsp3) is 0.667. The molecule has 1 aliphatic heterocycles. The van der Waals surface area contributed by atoms with E-state index in [0.29, 0.717) is 4.77 Å². The SMILES string of the molecule is CC1OCCC1n1c(CO)c[nH]c1=S. The first-order valence-electron chi connectivity index (χ1n) is 4.75. The van der Waals surface area contributed by atoms with E-state index in [1.165, 1.54) is 0 Å².